The van der Waals surface area contributed by atoms with E-state index in [2.05, 4.69) is 13.7 Å². The molecule has 84 valence electrons. The molecular formula is C5H7F3O5S. The quantitative estimate of drug-likeness (QED) is 0.518. The highest BCUT2D eigenvalue weighted by Gasteiger charge is 2.47. The molecule has 1 rings (SSSR count). The van der Waals surface area contributed by atoms with Crippen LogP contribution in [0.2, 0.25) is 0 Å². The van der Waals surface area contributed by atoms with Crippen LogP contribution in [0, 0.1) is 0 Å². The summed E-state index contributed by atoms with van der Waals surface area (Å²) in [7, 11) is -5.52. The first-order chi connectivity index (χ1) is 6.33. The van der Waals surface area contributed by atoms with Crippen molar-refractivity contribution >= 4 is 10.1 Å². The van der Waals surface area contributed by atoms with Gasteiger partial charge in [0.05, 0.1) is 13.2 Å². The minimum absolute atomic E-state index is 0.0212. The number of alkyl halides is 3. The molecule has 1 unspecified atom stereocenters. The Labute approximate surface area is 77.9 Å². The molecule has 0 aromatic carbocycles. The average molecular weight is 236 g/mol. The van der Waals surface area contributed by atoms with Gasteiger partial charge in [-0.2, -0.15) is 21.6 Å². The smallest absolute Gasteiger partial charge is 0.353 e. The van der Waals surface area contributed by atoms with Crippen LogP contribution >= 0.6 is 0 Å². The van der Waals surface area contributed by atoms with Gasteiger partial charge in [-0.25, -0.2) is 0 Å². The molecule has 14 heavy (non-hydrogen) atoms. The van der Waals surface area contributed by atoms with Crippen molar-refractivity contribution in [3.63, 3.8) is 0 Å². The first-order valence-electron chi connectivity index (χ1n) is 3.48. The predicted octanol–water partition coefficient (Wildman–Crippen LogP) is 0.225. The Morgan fingerprint density at radius 1 is 1.43 bits per heavy atom. The molecule has 1 aliphatic rings. The third kappa shape index (κ3) is 2.80. The highest BCUT2D eigenvalue weighted by molar-refractivity contribution is 7.87. The summed E-state index contributed by atoms with van der Waals surface area (Å²) in [5, 5.41) is 0. The van der Waals surface area contributed by atoms with E-state index in [1.807, 2.05) is 0 Å². The molecular weight excluding hydrogens is 229 g/mol. The highest BCUT2D eigenvalue weighted by atomic mass is 32.2. The molecule has 5 nitrogen and oxygen atoms in total. The van der Waals surface area contributed by atoms with Gasteiger partial charge in [0.15, 0.2) is 0 Å². The zero-order chi connectivity index (χ0) is 10.8. The summed E-state index contributed by atoms with van der Waals surface area (Å²) in [6, 6.07) is 0. The Hall–Kier alpha value is -0.380. The Morgan fingerprint density at radius 3 is 2.50 bits per heavy atom. The van der Waals surface area contributed by atoms with Crippen LogP contribution < -0.4 is 0 Å². The van der Waals surface area contributed by atoms with Crippen molar-refractivity contribution in [2.24, 2.45) is 0 Å². The van der Waals surface area contributed by atoms with Gasteiger partial charge in [-0.15, -0.1) is 0 Å². The number of rotatable bonds is 3. The standard InChI is InChI=1S/C5H7F3O5S/c6-5(7,8)14(9,10)13-2-4-1-11-3-12-4/h4H,1-3H2. The second-order valence-corrected chi connectivity index (χ2v) is 4.07. The summed E-state index contributed by atoms with van der Waals surface area (Å²) < 4.78 is 68.9. The molecule has 0 radical (unpaired) electrons. The largest absolute Gasteiger partial charge is 0.523 e. The zero-order valence-electron chi connectivity index (χ0n) is 6.78. The lowest BCUT2D eigenvalue weighted by molar-refractivity contribution is -0.0568. The normalized spacial score (nSPS) is 24.1. The topological polar surface area (TPSA) is 61.8 Å². The van der Waals surface area contributed by atoms with Crippen molar-refractivity contribution in [2.45, 2.75) is 11.6 Å². The molecule has 1 heterocycles. The Kier molecular flexibility index (Phi) is 3.35. The third-order valence-corrected chi connectivity index (χ3v) is 2.40. The van der Waals surface area contributed by atoms with Crippen molar-refractivity contribution in [3.8, 4) is 0 Å². The van der Waals surface area contributed by atoms with Crippen LogP contribution in [0.1, 0.15) is 0 Å². The second-order valence-electron chi connectivity index (χ2n) is 2.46. The number of ether oxygens (including phenoxy) is 2. The van der Waals surface area contributed by atoms with Gasteiger partial charge in [0, 0.05) is 0 Å². The van der Waals surface area contributed by atoms with E-state index in [0.717, 1.165) is 0 Å². The Bertz CT molecular complexity index is 278. The zero-order valence-corrected chi connectivity index (χ0v) is 7.60. The van der Waals surface area contributed by atoms with Crippen LogP contribution in [0.15, 0.2) is 0 Å². The van der Waals surface area contributed by atoms with E-state index in [1.165, 1.54) is 0 Å². The van der Waals surface area contributed by atoms with Crippen LogP contribution in [-0.4, -0.2) is 40.0 Å². The number of halogens is 3. The maximum Gasteiger partial charge on any atom is 0.523 e. The van der Waals surface area contributed by atoms with Crippen molar-refractivity contribution in [2.75, 3.05) is 20.0 Å². The van der Waals surface area contributed by atoms with Gasteiger partial charge in [-0.1, -0.05) is 0 Å². The summed E-state index contributed by atoms with van der Waals surface area (Å²) in [5.41, 5.74) is -5.40. The van der Waals surface area contributed by atoms with Crippen molar-refractivity contribution in [3.05, 3.63) is 0 Å². The fourth-order valence-electron chi connectivity index (χ4n) is 0.701. The van der Waals surface area contributed by atoms with Gasteiger partial charge in [0.25, 0.3) is 0 Å². The summed E-state index contributed by atoms with van der Waals surface area (Å²) >= 11 is 0. The molecule has 0 saturated carbocycles. The fourth-order valence-corrected chi connectivity index (χ4v) is 1.17. The Morgan fingerprint density at radius 2 is 2.07 bits per heavy atom. The van der Waals surface area contributed by atoms with E-state index in [1.54, 1.807) is 0 Å². The van der Waals surface area contributed by atoms with E-state index in [4.69, 9.17) is 0 Å². The minimum atomic E-state index is -5.52. The number of hydrogen-bond donors (Lipinski definition) is 0. The second kappa shape index (κ2) is 4.01. The molecule has 0 spiro atoms. The van der Waals surface area contributed by atoms with Gasteiger partial charge in [-0.05, 0) is 0 Å². The molecule has 1 aliphatic heterocycles. The summed E-state index contributed by atoms with van der Waals surface area (Å²) in [6.07, 6.45) is -0.771. The monoisotopic (exact) mass is 236 g/mol. The average Bonchev–Trinajstić information content (AvgIpc) is 2.50. The molecule has 0 N–H and O–H groups in total. The van der Waals surface area contributed by atoms with Gasteiger partial charge < -0.3 is 9.47 Å². The van der Waals surface area contributed by atoms with E-state index in [9.17, 15) is 21.6 Å². The van der Waals surface area contributed by atoms with Crippen molar-refractivity contribution in [1.82, 2.24) is 0 Å². The summed E-state index contributed by atoms with van der Waals surface area (Å²) in [6.45, 7) is -0.741. The van der Waals surface area contributed by atoms with Gasteiger partial charge >= 0.3 is 15.6 Å². The van der Waals surface area contributed by atoms with E-state index >= 15 is 0 Å². The van der Waals surface area contributed by atoms with E-state index < -0.39 is 28.3 Å². The van der Waals surface area contributed by atoms with Crippen molar-refractivity contribution < 1.29 is 35.2 Å². The first-order valence-corrected chi connectivity index (χ1v) is 4.89. The molecule has 1 fully saturated rings. The van der Waals surface area contributed by atoms with Crippen LogP contribution in [0.3, 0.4) is 0 Å². The highest BCUT2D eigenvalue weighted by Crippen LogP contribution is 2.24. The van der Waals surface area contributed by atoms with Crippen molar-refractivity contribution in [1.29, 1.82) is 0 Å². The van der Waals surface area contributed by atoms with E-state index in [0.29, 0.717) is 0 Å². The molecule has 1 saturated heterocycles. The van der Waals surface area contributed by atoms with Crippen LogP contribution in [0.4, 0.5) is 13.2 Å². The summed E-state index contributed by atoms with van der Waals surface area (Å²) in [4.78, 5) is 0. The minimum Gasteiger partial charge on any atom is -0.353 e. The first kappa shape index (κ1) is 11.7. The molecule has 0 bridgehead atoms. The molecule has 0 aromatic rings. The predicted molar refractivity (Wildman–Crippen MR) is 36.6 cm³/mol. The molecule has 1 atom stereocenters. The van der Waals surface area contributed by atoms with Gasteiger partial charge in [0.2, 0.25) is 0 Å². The van der Waals surface area contributed by atoms with Gasteiger partial charge in [0.1, 0.15) is 12.9 Å². The number of hydrogen-bond acceptors (Lipinski definition) is 5. The Balaban J connectivity index is 2.44. The molecule has 0 aliphatic carbocycles. The van der Waals surface area contributed by atoms with Crippen LogP contribution in [0.25, 0.3) is 0 Å². The van der Waals surface area contributed by atoms with Gasteiger partial charge in [-0.3, -0.25) is 4.18 Å². The third-order valence-electron chi connectivity index (χ3n) is 1.38. The lowest BCUT2D eigenvalue weighted by Crippen LogP contribution is -2.29. The lowest BCUT2D eigenvalue weighted by Gasteiger charge is -2.10. The fraction of sp³-hybridized carbons (Fsp3) is 1.00. The molecule has 0 amide bonds. The lowest BCUT2D eigenvalue weighted by atomic mass is 10.4. The molecule has 0 aromatic heterocycles. The molecule has 9 heteroatoms. The SMILES string of the molecule is O=S(=O)(OCC1COCO1)C(F)(F)F. The van der Waals surface area contributed by atoms with Crippen LogP contribution in [0.5, 0.6) is 0 Å². The summed E-state index contributed by atoms with van der Waals surface area (Å²) in [5.74, 6) is 0. The van der Waals surface area contributed by atoms with Crippen LogP contribution in [-0.2, 0) is 23.8 Å². The van der Waals surface area contributed by atoms with E-state index in [-0.39, 0.29) is 13.4 Å². The maximum absolute atomic E-state index is 11.7. The maximum atomic E-state index is 11.7.